The van der Waals surface area contributed by atoms with Gasteiger partial charge in [-0.3, -0.25) is 4.79 Å². The van der Waals surface area contributed by atoms with Crippen LogP contribution in [0.4, 0.5) is 14.5 Å². The Morgan fingerprint density at radius 3 is 2.44 bits per heavy atom. The minimum atomic E-state index is -3.67. The fourth-order valence-electron chi connectivity index (χ4n) is 2.16. The largest absolute Gasteiger partial charge is 0.449 e. The van der Waals surface area contributed by atoms with Crippen molar-refractivity contribution in [2.45, 2.75) is 24.8 Å². The molecule has 0 fully saturated rings. The molecule has 0 unspecified atom stereocenters. The minimum absolute atomic E-state index is 0.199. The first kappa shape index (κ1) is 20.5. The molecule has 0 radical (unpaired) electrons. The first-order valence-corrected chi connectivity index (χ1v) is 9.59. The fourth-order valence-corrected chi connectivity index (χ4v) is 3.25. The van der Waals surface area contributed by atoms with Crippen LogP contribution in [0.3, 0.4) is 0 Å². The summed E-state index contributed by atoms with van der Waals surface area (Å²) in [6, 6.07) is 8.06. The predicted molar refractivity (Wildman–Crippen MR) is 94.0 cm³/mol. The van der Waals surface area contributed by atoms with E-state index in [0.29, 0.717) is 6.07 Å². The van der Waals surface area contributed by atoms with Crippen molar-refractivity contribution in [3.05, 3.63) is 59.7 Å². The van der Waals surface area contributed by atoms with Gasteiger partial charge in [0, 0.05) is 6.07 Å². The van der Waals surface area contributed by atoms with Gasteiger partial charge in [0.05, 0.1) is 21.9 Å². The Kier molecular flexibility index (Phi) is 6.27. The molecule has 0 aliphatic heterocycles. The molecule has 1 atom stereocenters. The number of carbonyl (C=O) groups is 2. The first-order valence-electron chi connectivity index (χ1n) is 7.94. The lowest BCUT2D eigenvalue weighted by Gasteiger charge is -2.15. The van der Waals surface area contributed by atoms with Crippen molar-refractivity contribution < 1.29 is 31.5 Å². The van der Waals surface area contributed by atoms with Crippen molar-refractivity contribution in [3.8, 4) is 0 Å². The second-order valence-corrected chi connectivity index (χ2v) is 7.81. The molecule has 0 aliphatic rings. The number of carbonyl (C=O) groups excluding carboxylic acids is 2. The van der Waals surface area contributed by atoms with E-state index in [4.69, 9.17) is 4.74 Å². The average Bonchev–Trinajstić information content (AvgIpc) is 2.63. The molecule has 0 bridgehead atoms. The number of anilines is 1. The smallest absolute Gasteiger partial charge is 0.340 e. The van der Waals surface area contributed by atoms with Crippen molar-refractivity contribution in [1.29, 1.82) is 0 Å². The Labute approximate surface area is 155 Å². The van der Waals surface area contributed by atoms with Crippen molar-refractivity contribution in [2.75, 3.05) is 11.1 Å². The second kappa shape index (κ2) is 8.26. The number of benzene rings is 2. The van der Waals surface area contributed by atoms with E-state index in [0.717, 1.165) is 12.1 Å². The van der Waals surface area contributed by atoms with Gasteiger partial charge in [0.25, 0.3) is 5.91 Å². The highest BCUT2D eigenvalue weighted by Crippen LogP contribution is 2.19. The molecule has 9 heteroatoms. The summed E-state index contributed by atoms with van der Waals surface area (Å²) >= 11 is 0. The molecule has 0 heterocycles. The quantitative estimate of drug-likeness (QED) is 0.757. The van der Waals surface area contributed by atoms with Crippen LogP contribution in [0, 0.1) is 11.6 Å². The third-order valence-corrected chi connectivity index (χ3v) is 5.45. The summed E-state index contributed by atoms with van der Waals surface area (Å²) < 4.78 is 55.7. The van der Waals surface area contributed by atoms with Crippen LogP contribution in [-0.2, 0) is 19.4 Å². The van der Waals surface area contributed by atoms with Gasteiger partial charge in [0.2, 0.25) is 0 Å². The molecular weight excluding hydrogens is 380 g/mol. The summed E-state index contributed by atoms with van der Waals surface area (Å²) in [5.74, 6) is -3.87. The highest BCUT2D eigenvalue weighted by atomic mass is 32.2. The van der Waals surface area contributed by atoms with Crippen LogP contribution < -0.4 is 5.32 Å². The topological polar surface area (TPSA) is 89.5 Å². The predicted octanol–water partition coefficient (Wildman–Crippen LogP) is 2.94. The summed E-state index contributed by atoms with van der Waals surface area (Å²) in [5, 5.41) is 2.17. The Morgan fingerprint density at radius 2 is 1.81 bits per heavy atom. The van der Waals surface area contributed by atoms with Gasteiger partial charge in [0.1, 0.15) is 11.6 Å². The zero-order valence-corrected chi connectivity index (χ0v) is 15.3. The van der Waals surface area contributed by atoms with Crippen LogP contribution in [0.2, 0.25) is 0 Å². The van der Waals surface area contributed by atoms with E-state index < -0.39 is 39.5 Å². The molecule has 0 saturated heterocycles. The fraction of sp³-hybridized carbons (Fsp3) is 0.222. The summed E-state index contributed by atoms with van der Waals surface area (Å²) in [4.78, 5) is 24.2. The Balaban J connectivity index is 2.15. The van der Waals surface area contributed by atoms with Crippen molar-refractivity contribution in [1.82, 2.24) is 0 Å². The lowest BCUT2D eigenvalue weighted by atomic mass is 10.2. The summed E-state index contributed by atoms with van der Waals surface area (Å²) in [5.41, 5.74) is -0.481. The first-order chi connectivity index (χ1) is 12.7. The number of sulfone groups is 1. The van der Waals surface area contributed by atoms with Crippen LogP contribution >= 0.6 is 0 Å². The summed E-state index contributed by atoms with van der Waals surface area (Å²) in [6.07, 6.45) is -1.35. The summed E-state index contributed by atoms with van der Waals surface area (Å²) in [7, 11) is -3.67. The molecule has 0 saturated carbocycles. The van der Waals surface area contributed by atoms with Gasteiger partial charge in [-0.1, -0.05) is 19.1 Å². The molecule has 2 rings (SSSR count). The number of hydrogen-bond donors (Lipinski definition) is 1. The molecule has 1 N–H and O–H groups in total. The Morgan fingerprint density at radius 1 is 1.15 bits per heavy atom. The van der Waals surface area contributed by atoms with Crippen LogP contribution in [-0.4, -0.2) is 32.2 Å². The SMILES string of the molecule is CCS(=O)(=O)c1ccccc1C(=O)O[C@H](C)C(=O)Nc1ccc(F)cc1F. The van der Waals surface area contributed by atoms with Gasteiger partial charge < -0.3 is 10.1 Å². The molecule has 0 spiro atoms. The molecular formula is C18H17F2NO5S. The Hall–Kier alpha value is -2.81. The molecule has 2 aromatic rings. The minimum Gasteiger partial charge on any atom is -0.449 e. The molecule has 0 aromatic heterocycles. The van der Waals surface area contributed by atoms with Crippen molar-refractivity contribution in [3.63, 3.8) is 0 Å². The lowest BCUT2D eigenvalue weighted by Crippen LogP contribution is -2.30. The third kappa shape index (κ3) is 4.88. The van der Waals surface area contributed by atoms with Gasteiger partial charge in [-0.2, -0.15) is 0 Å². The van der Waals surface area contributed by atoms with E-state index >= 15 is 0 Å². The van der Waals surface area contributed by atoms with E-state index in [9.17, 15) is 26.8 Å². The zero-order valence-electron chi connectivity index (χ0n) is 14.5. The maximum Gasteiger partial charge on any atom is 0.340 e. The van der Waals surface area contributed by atoms with Crippen molar-refractivity contribution >= 4 is 27.4 Å². The molecule has 144 valence electrons. The zero-order chi connectivity index (χ0) is 20.2. The second-order valence-electron chi connectivity index (χ2n) is 5.56. The number of hydrogen-bond acceptors (Lipinski definition) is 5. The van der Waals surface area contributed by atoms with Gasteiger partial charge in [-0.15, -0.1) is 0 Å². The molecule has 2 aromatic carbocycles. The molecule has 6 nitrogen and oxygen atoms in total. The number of nitrogens with one attached hydrogen (secondary N) is 1. The molecule has 0 aliphatic carbocycles. The maximum absolute atomic E-state index is 13.6. The molecule has 27 heavy (non-hydrogen) atoms. The van der Waals surface area contributed by atoms with Crippen LogP contribution in [0.1, 0.15) is 24.2 Å². The third-order valence-electron chi connectivity index (χ3n) is 3.66. The highest BCUT2D eigenvalue weighted by Gasteiger charge is 2.25. The summed E-state index contributed by atoms with van der Waals surface area (Å²) in [6.45, 7) is 2.68. The van der Waals surface area contributed by atoms with Crippen LogP contribution in [0.15, 0.2) is 47.4 Å². The highest BCUT2D eigenvalue weighted by molar-refractivity contribution is 7.91. The maximum atomic E-state index is 13.6. The normalized spacial score (nSPS) is 12.3. The van der Waals surface area contributed by atoms with Gasteiger partial charge in [-0.25, -0.2) is 22.0 Å². The van der Waals surface area contributed by atoms with Crippen molar-refractivity contribution in [2.24, 2.45) is 0 Å². The van der Waals surface area contributed by atoms with E-state index in [-0.39, 0.29) is 21.9 Å². The number of esters is 1. The number of halogens is 2. The van der Waals surface area contributed by atoms with Gasteiger partial charge in [-0.05, 0) is 31.2 Å². The van der Waals surface area contributed by atoms with Crippen LogP contribution in [0.5, 0.6) is 0 Å². The monoisotopic (exact) mass is 397 g/mol. The van der Waals surface area contributed by atoms with E-state index in [2.05, 4.69) is 5.32 Å². The van der Waals surface area contributed by atoms with Gasteiger partial charge >= 0.3 is 5.97 Å². The number of ether oxygens (including phenoxy) is 1. The van der Waals surface area contributed by atoms with Gasteiger partial charge in [0.15, 0.2) is 15.9 Å². The lowest BCUT2D eigenvalue weighted by molar-refractivity contribution is -0.123. The number of rotatable bonds is 6. The van der Waals surface area contributed by atoms with E-state index in [1.165, 1.54) is 38.1 Å². The van der Waals surface area contributed by atoms with E-state index in [1.54, 1.807) is 0 Å². The number of amides is 1. The standard InChI is InChI=1S/C18H17F2NO5S/c1-3-27(24,25)16-7-5-4-6-13(16)18(23)26-11(2)17(22)21-15-9-8-12(19)10-14(15)20/h4-11H,3H2,1-2H3,(H,21,22)/t11-/m1/s1. The average molecular weight is 397 g/mol. The van der Waals surface area contributed by atoms with E-state index in [1.807, 2.05) is 0 Å². The van der Waals surface area contributed by atoms with Crippen LogP contribution in [0.25, 0.3) is 0 Å². The Bertz CT molecular complexity index is 975. The molecule has 1 amide bonds.